The summed E-state index contributed by atoms with van der Waals surface area (Å²) in [5.74, 6) is -0.0532. The number of carbonyl (C=O) groups is 1. The first-order valence-electron chi connectivity index (χ1n) is 8.37. The highest BCUT2D eigenvalue weighted by Gasteiger charge is 2.10. The summed E-state index contributed by atoms with van der Waals surface area (Å²) in [4.78, 5) is 18.4. The molecular weight excluding hydrogens is 326 g/mol. The van der Waals surface area contributed by atoms with E-state index >= 15 is 0 Å². The molecule has 0 radical (unpaired) electrons. The first-order valence-corrected chi connectivity index (χ1v) is 8.37. The molecule has 1 aromatic carbocycles. The van der Waals surface area contributed by atoms with Crippen molar-refractivity contribution in [2.45, 2.75) is 6.54 Å². The number of aryl methyl sites for hydroxylation is 1. The van der Waals surface area contributed by atoms with Gasteiger partial charge in [0.2, 0.25) is 5.91 Å². The first kappa shape index (κ1) is 16.1. The van der Waals surface area contributed by atoms with Crippen LogP contribution in [0.2, 0.25) is 0 Å². The summed E-state index contributed by atoms with van der Waals surface area (Å²) in [6.07, 6.45) is 6.78. The number of aromatic amines is 1. The molecular formula is C20H19N5O. The van der Waals surface area contributed by atoms with E-state index < -0.39 is 0 Å². The number of hydrogen-bond acceptors (Lipinski definition) is 3. The SMILES string of the molecule is CN(Cc1cc2ccccc2n1C)C(=O)/C=C/c1cnc2[nH]ncc2c1. The average molecular weight is 345 g/mol. The highest BCUT2D eigenvalue weighted by Crippen LogP contribution is 2.19. The quantitative estimate of drug-likeness (QED) is 0.578. The molecule has 0 spiro atoms. The van der Waals surface area contributed by atoms with Crippen LogP contribution in [0, 0.1) is 0 Å². The third-order valence-electron chi connectivity index (χ3n) is 4.56. The van der Waals surface area contributed by atoms with E-state index in [0.717, 1.165) is 22.3 Å². The number of nitrogens with zero attached hydrogens (tertiary/aromatic N) is 4. The Bertz CT molecular complexity index is 1120. The molecule has 6 heteroatoms. The largest absolute Gasteiger partial charge is 0.346 e. The van der Waals surface area contributed by atoms with Crippen molar-refractivity contribution < 1.29 is 4.79 Å². The lowest BCUT2D eigenvalue weighted by atomic mass is 10.2. The second kappa shape index (κ2) is 6.48. The fourth-order valence-electron chi connectivity index (χ4n) is 3.06. The zero-order valence-corrected chi connectivity index (χ0v) is 14.7. The average Bonchev–Trinajstić information content (AvgIpc) is 3.24. The zero-order chi connectivity index (χ0) is 18.1. The highest BCUT2D eigenvalue weighted by atomic mass is 16.2. The van der Waals surface area contributed by atoms with Crippen molar-refractivity contribution >= 4 is 33.9 Å². The molecule has 0 bridgehead atoms. The van der Waals surface area contributed by atoms with Gasteiger partial charge in [0.15, 0.2) is 5.65 Å². The highest BCUT2D eigenvalue weighted by molar-refractivity contribution is 5.92. The minimum atomic E-state index is -0.0532. The van der Waals surface area contributed by atoms with Crippen molar-refractivity contribution in [3.05, 3.63) is 66.1 Å². The number of H-pyrrole nitrogens is 1. The fraction of sp³-hybridized carbons (Fsp3) is 0.150. The number of rotatable bonds is 4. The maximum atomic E-state index is 12.5. The molecule has 0 aliphatic carbocycles. The number of carbonyl (C=O) groups excluding carboxylic acids is 1. The molecule has 26 heavy (non-hydrogen) atoms. The Hall–Kier alpha value is -3.41. The van der Waals surface area contributed by atoms with E-state index in [-0.39, 0.29) is 5.91 Å². The van der Waals surface area contributed by atoms with E-state index in [1.165, 1.54) is 10.9 Å². The lowest BCUT2D eigenvalue weighted by Gasteiger charge is -2.15. The summed E-state index contributed by atoms with van der Waals surface area (Å²) in [6.45, 7) is 0.549. The van der Waals surface area contributed by atoms with E-state index in [9.17, 15) is 4.79 Å². The Labute approximate surface area is 150 Å². The Kier molecular flexibility index (Phi) is 4.01. The third kappa shape index (κ3) is 2.97. The van der Waals surface area contributed by atoms with Crippen molar-refractivity contribution in [2.24, 2.45) is 7.05 Å². The normalized spacial score (nSPS) is 11.6. The van der Waals surface area contributed by atoms with Gasteiger partial charge in [-0.05, 0) is 35.2 Å². The van der Waals surface area contributed by atoms with Crippen LogP contribution in [0.25, 0.3) is 28.0 Å². The Morgan fingerprint density at radius 2 is 2.08 bits per heavy atom. The standard InChI is InChI=1S/C20H19N5O/c1-24(13-17-10-15-5-3-4-6-18(15)25(17)2)19(26)8-7-14-9-16-12-22-23-20(16)21-11-14/h3-12H,13H2,1-2H3,(H,21,22,23)/b8-7+. The summed E-state index contributed by atoms with van der Waals surface area (Å²) in [7, 11) is 3.83. The van der Waals surface area contributed by atoms with E-state index in [1.54, 1.807) is 29.4 Å². The van der Waals surface area contributed by atoms with Gasteiger partial charge in [-0.15, -0.1) is 0 Å². The molecule has 130 valence electrons. The molecule has 0 saturated heterocycles. The Balaban J connectivity index is 1.49. The van der Waals surface area contributed by atoms with Crippen molar-refractivity contribution in [2.75, 3.05) is 7.05 Å². The van der Waals surface area contributed by atoms with E-state index in [0.29, 0.717) is 6.54 Å². The van der Waals surface area contributed by atoms with Crippen LogP contribution in [-0.4, -0.2) is 37.6 Å². The van der Waals surface area contributed by atoms with Crippen LogP contribution in [0.5, 0.6) is 0 Å². The minimum Gasteiger partial charge on any atom is -0.346 e. The number of likely N-dealkylation sites (N-methyl/N-ethyl adjacent to an activating group) is 1. The Morgan fingerprint density at radius 1 is 1.23 bits per heavy atom. The van der Waals surface area contributed by atoms with Gasteiger partial charge in [-0.3, -0.25) is 9.89 Å². The predicted molar refractivity (Wildman–Crippen MR) is 102 cm³/mol. The molecule has 1 N–H and O–H groups in total. The number of amides is 1. The van der Waals surface area contributed by atoms with Crippen molar-refractivity contribution in [1.29, 1.82) is 0 Å². The number of benzene rings is 1. The van der Waals surface area contributed by atoms with Crippen LogP contribution >= 0.6 is 0 Å². The molecule has 0 aliphatic heterocycles. The second-order valence-electron chi connectivity index (χ2n) is 6.36. The molecule has 3 heterocycles. The Morgan fingerprint density at radius 3 is 2.92 bits per heavy atom. The van der Waals surface area contributed by atoms with Crippen LogP contribution in [0.3, 0.4) is 0 Å². The molecule has 1 amide bonds. The van der Waals surface area contributed by atoms with Crippen LogP contribution in [0.15, 0.2) is 54.9 Å². The van der Waals surface area contributed by atoms with Gasteiger partial charge in [0, 0.05) is 43.0 Å². The molecule has 4 rings (SSSR count). The van der Waals surface area contributed by atoms with Crippen LogP contribution in [0.1, 0.15) is 11.3 Å². The monoisotopic (exact) mass is 345 g/mol. The summed E-state index contributed by atoms with van der Waals surface area (Å²) in [6, 6.07) is 12.3. The van der Waals surface area contributed by atoms with E-state index in [1.807, 2.05) is 32.3 Å². The fourth-order valence-corrected chi connectivity index (χ4v) is 3.06. The molecule has 0 aliphatic rings. The second-order valence-corrected chi connectivity index (χ2v) is 6.36. The first-order chi connectivity index (χ1) is 12.6. The van der Waals surface area contributed by atoms with Crippen molar-refractivity contribution in [3.63, 3.8) is 0 Å². The van der Waals surface area contributed by atoms with Gasteiger partial charge in [-0.2, -0.15) is 5.10 Å². The number of hydrogen-bond donors (Lipinski definition) is 1. The molecule has 3 aromatic heterocycles. The van der Waals surface area contributed by atoms with Gasteiger partial charge in [0.05, 0.1) is 12.7 Å². The molecule has 0 unspecified atom stereocenters. The van der Waals surface area contributed by atoms with Crippen LogP contribution in [0.4, 0.5) is 0 Å². The van der Waals surface area contributed by atoms with Gasteiger partial charge >= 0.3 is 0 Å². The smallest absolute Gasteiger partial charge is 0.246 e. The number of nitrogens with one attached hydrogen (secondary N) is 1. The van der Waals surface area contributed by atoms with Crippen molar-refractivity contribution in [3.8, 4) is 0 Å². The summed E-state index contributed by atoms with van der Waals surface area (Å²) in [5, 5.41) is 8.86. The summed E-state index contributed by atoms with van der Waals surface area (Å²) < 4.78 is 2.12. The van der Waals surface area contributed by atoms with E-state index in [4.69, 9.17) is 0 Å². The van der Waals surface area contributed by atoms with Crippen molar-refractivity contribution in [1.82, 2.24) is 24.6 Å². The summed E-state index contributed by atoms with van der Waals surface area (Å²) >= 11 is 0. The maximum Gasteiger partial charge on any atom is 0.246 e. The topological polar surface area (TPSA) is 66.8 Å². The van der Waals surface area contributed by atoms with Gasteiger partial charge in [-0.25, -0.2) is 4.98 Å². The van der Waals surface area contributed by atoms with Gasteiger partial charge < -0.3 is 9.47 Å². The molecule has 4 aromatic rings. The van der Waals surface area contributed by atoms with E-state index in [2.05, 4.69) is 37.9 Å². The number of fused-ring (bicyclic) bond motifs is 2. The number of aromatic nitrogens is 4. The molecule has 0 atom stereocenters. The lowest BCUT2D eigenvalue weighted by Crippen LogP contribution is -2.25. The predicted octanol–water partition coefficient (Wildman–Crippen LogP) is 3.12. The van der Waals surface area contributed by atoms with Gasteiger partial charge in [0.25, 0.3) is 0 Å². The third-order valence-corrected chi connectivity index (χ3v) is 4.56. The van der Waals surface area contributed by atoms with Crippen LogP contribution in [-0.2, 0) is 18.4 Å². The van der Waals surface area contributed by atoms with Crippen LogP contribution < -0.4 is 0 Å². The number of pyridine rings is 1. The summed E-state index contributed by atoms with van der Waals surface area (Å²) in [5.41, 5.74) is 3.86. The molecule has 6 nitrogen and oxygen atoms in total. The molecule has 0 fully saturated rings. The minimum absolute atomic E-state index is 0.0532. The zero-order valence-electron chi connectivity index (χ0n) is 14.7. The van der Waals surface area contributed by atoms with Gasteiger partial charge in [-0.1, -0.05) is 18.2 Å². The van der Waals surface area contributed by atoms with Gasteiger partial charge in [0.1, 0.15) is 0 Å². The lowest BCUT2D eigenvalue weighted by molar-refractivity contribution is -0.125. The maximum absolute atomic E-state index is 12.5. The number of para-hydroxylation sites is 1. The molecule has 0 saturated carbocycles.